The number of nitrogens with one attached hydrogen (secondary N) is 1. The second kappa shape index (κ2) is 10.8. The molecule has 1 heterocycles. The lowest BCUT2D eigenvalue weighted by molar-refractivity contribution is -0.274. The number of rotatable bonds is 10. The van der Waals surface area contributed by atoms with Gasteiger partial charge in [-0.3, -0.25) is 9.59 Å². The second-order valence-corrected chi connectivity index (χ2v) is 8.70. The van der Waals surface area contributed by atoms with Crippen LogP contribution in [-0.4, -0.2) is 40.6 Å². The van der Waals surface area contributed by atoms with Gasteiger partial charge < -0.3 is 25.0 Å². The summed E-state index contributed by atoms with van der Waals surface area (Å²) in [6, 6.07) is 12.2. The molecule has 11 heteroatoms. The second-order valence-electron chi connectivity index (χ2n) is 8.70. The molecule has 0 amide bonds. The number of carboxylic acids is 2. The Hall–Kier alpha value is -4.28. The Labute approximate surface area is 210 Å². The van der Waals surface area contributed by atoms with E-state index in [4.69, 9.17) is 4.74 Å². The van der Waals surface area contributed by atoms with Crippen LogP contribution in [0.25, 0.3) is 11.1 Å². The van der Waals surface area contributed by atoms with Crippen molar-refractivity contribution in [2.75, 3.05) is 12.4 Å². The van der Waals surface area contributed by atoms with Crippen molar-refractivity contribution in [3.63, 3.8) is 0 Å². The Morgan fingerprint density at radius 1 is 1.03 bits per heavy atom. The van der Waals surface area contributed by atoms with Gasteiger partial charge in [-0.2, -0.15) is 0 Å². The van der Waals surface area contributed by atoms with E-state index >= 15 is 0 Å². The standard InChI is InChI=1S/C26H25F3N2O6/c1-25(2,24(34)35)20-11-17(10-18(12-22(32)33)23(20)36-3)16-7-8-21(31-14-16)30-13-15-5-4-6-19(9-15)37-26(27,28)29/h4-11,14H,12-13H2,1-3H3,(H,30,31)(H,32,33)(H,34,35). The van der Waals surface area contributed by atoms with Crippen molar-refractivity contribution >= 4 is 17.8 Å². The maximum absolute atomic E-state index is 12.4. The SMILES string of the molecule is COc1c(CC(=O)O)cc(-c2ccc(NCc3cccc(OC(F)(F)F)c3)nc2)cc1C(C)(C)C(=O)O. The van der Waals surface area contributed by atoms with Gasteiger partial charge >= 0.3 is 18.3 Å². The van der Waals surface area contributed by atoms with Crippen molar-refractivity contribution in [2.45, 2.75) is 38.6 Å². The van der Waals surface area contributed by atoms with Gasteiger partial charge in [-0.25, -0.2) is 4.98 Å². The molecule has 1 aromatic heterocycles. The zero-order chi connectivity index (χ0) is 27.4. The number of ether oxygens (including phenoxy) is 2. The summed E-state index contributed by atoms with van der Waals surface area (Å²) in [5.41, 5.74) is 0.967. The number of anilines is 1. The molecule has 0 aliphatic heterocycles. The Kier molecular flexibility index (Phi) is 7.95. The van der Waals surface area contributed by atoms with Crippen LogP contribution in [0.15, 0.2) is 54.7 Å². The highest BCUT2D eigenvalue weighted by Crippen LogP contribution is 2.39. The highest BCUT2D eigenvalue weighted by atomic mass is 19.4. The van der Waals surface area contributed by atoms with Crippen LogP contribution in [0.2, 0.25) is 0 Å². The largest absolute Gasteiger partial charge is 0.573 e. The summed E-state index contributed by atoms with van der Waals surface area (Å²) in [6.07, 6.45) is -3.63. The summed E-state index contributed by atoms with van der Waals surface area (Å²) < 4.78 is 46.7. The molecule has 0 saturated carbocycles. The van der Waals surface area contributed by atoms with Crippen LogP contribution in [0, 0.1) is 0 Å². The molecule has 0 unspecified atom stereocenters. The van der Waals surface area contributed by atoms with Crippen LogP contribution in [0.3, 0.4) is 0 Å². The summed E-state index contributed by atoms with van der Waals surface area (Å²) in [5.74, 6) is -1.90. The van der Waals surface area contributed by atoms with Crippen LogP contribution >= 0.6 is 0 Å². The van der Waals surface area contributed by atoms with Gasteiger partial charge in [0.05, 0.1) is 18.9 Å². The van der Waals surface area contributed by atoms with Gasteiger partial charge in [0, 0.05) is 29.4 Å². The van der Waals surface area contributed by atoms with E-state index in [2.05, 4.69) is 15.0 Å². The van der Waals surface area contributed by atoms with Crippen molar-refractivity contribution in [3.05, 3.63) is 71.4 Å². The van der Waals surface area contributed by atoms with Crippen molar-refractivity contribution < 1.29 is 42.4 Å². The lowest BCUT2D eigenvalue weighted by atomic mass is 9.81. The first kappa shape index (κ1) is 27.3. The highest BCUT2D eigenvalue weighted by Gasteiger charge is 2.34. The molecular weight excluding hydrogens is 493 g/mol. The minimum atomic E-state index is -4.78. The molecular formula is C26H25F3N2O6. The van der Waals surface area contributed by atoms with Gasteiger partial charge in [0.15, 0.2) is 0 Å². The molecule has 3 N–H and O–H groups in total. The maximum atomic E-state index is 12.4. The first-order valence-corrected chi connectivity index (χ1v) is 11.0. The Morgan fingerprint density at radius 2 is 1.76 bits per heavy atom. The number of aromatic nitrogens is 1. The average molecular weight is 518 g/mol. The number of halogens is 3. The number of carboxylic acid groups (broad SMARTS) is 2. The molecule has 0 aliphatic rings. The molecule has 0 spiro atoms. The minimum absolute atomic E-state index is 0.184. The molecule has 37 heavy (non-hydrogen) atoms. The fourth-order valence-corrected chi connectivity index (χ4v) is 3.68. The molecule has 0 saturated heterocycles. The Morgan fingerprint density at radius 3 is 2.32 bits per heavy atom. The predicted octanol–water partition coefficient (Wildman–Crippen LogP) is 5.26. The molecule has 0 aliphatic carbocycles. The highest BCUT2D eigenvalue weighted by molar-refractivity contribution is 5.84. The predicted molar refractivity (Wildman–Crippen MR) is 129 cm³/mol. The molecule has 0 bridgehead atoms. The number of pyridine rings is 1. The van der Waals surface area contributed by atoms with E-state index in [1.165, 1.54) is 45.4 Å². The van der Waals surface area contributed by atoms with Gasteiger partial charge in [-0.05, 0) is 61.4 Å². The minimum Gasteiger partial charge on any atom is -0.496 e. The zero-order valence-electron chi connectivity index (χ0n) is 20.2. The van der Waals surface area contributed by atoms with Gasteiger partial charge in [-0.15, -0.1) is 13.2 Å². The van der Waals surface area contributed by atoms with Gasteiger partial charge in [0.25, 0.3) is 0 Å². The van der Waals surface area contributed by atoms with Crippen LogP contribution in [-0.2, 0) is 28.0 Å². The van der Waals surface area contributed by atoms with E-state index in [1.807, 2.05) is 0 Å². The Bertz CT molecular complexity index is 1290. The maximum Gasteiger partial charge on any atom is 0.573 e. The van der Waals surface area contributed by atoms with Crippen molar-refractivity contribution in [1.29, 1.82) is 0 Å². The monoisotopic (exact) mass is 518 g/mol. The number of hydrogen-bond acceptors (Lipinski definition) is 6. The Balaban J connectivity index is 1.87. The number of aliphatic carboxylic acids is 2. The number of carbonyl (C=O) groups is 2. The zero-order valence-corrected chi connectivity index (χ0v) is 20.2. The fraction of sp³-hybridized carbons (Fsp3) is 0.269. The van der Waals surface area contributed by atoms with E-state index in [0.29, 0.717) is 33.6 Å². The summed E-state index contributed by atoms with van der Waals surface area (Å²) in [6.45, 7) is 3.19. The first-order valence-electron chi connectivity index (χ1n) is 11.0. The molecule has 0 fully saturated rings. The molecule has 8 nitrogen and oxygen atoms in total. The molecule has 0 radical (unpaired) electrons. The van der Waals surface area contributed by atoms with E-state index < -0.39 is 23.7 Å². The molecule has 0 atom stereocenters. The van der Waals surface area contributed by atoms with Gasteiger partial charge in [-0.1, -0.05) is 12.1 Å². The number of alkyl halides is 3. The van der Waals surface area contributed by atoms with E-state index in [9.17, 15) is 33.0 Å². The third-order valence-electron chi connectivity index (χ3n) is 5.62. The quantitative estimate of drug-likeness (QED) is 0.333. The summed E-state index contributed by atoms with van der Waals surface area (Å²) in [7, 11) is 1.36. The smallest absolute Gasteiger partial charge is 0.496 e. The van der Waals surface area contributed by atoms with Crippen LogP contribution < -0.4 is 14.8 Å². The van der Waals surface area contributed by atoms with E-state index in [0.717, 1.165) is 0 Å². The summed E-state index contributed by atoms with van der Waals surface area (Å²) >= 11 is 0. The van der Waals surface area contributed by atoms with Gasteiger partial charge in [0.2, 0.25) is 0 Å². The number of nitrogens with zero attached hydrogens (tertiary/aromatic N) is 1. The molecule has 3 rings (SSSR count). The molecule has 2 aromatic carbocycles. The third kappa shape index (κ3) is 6.90. The van der Waals surface area contributed by atoms with Crippen molar-refractivity contribution in [3.8, 4) is 22.6 Å². The lowest BCUT2D eigenvalue weighted by Crippen LogP contribution is -2.29. The number of benzene rings is 2. The van der Waals surface area contributed by atoms with Crippen molar-refractivity contribution in [2.24, 2.45) is 0 Å². The van der Waals surface area contributed by atoms with Crippen LogP contribution in [0.4, 0.5) is 19.0 Å². The summed E-state index contributed by atoms with van der Waals surface area (Å²) in [5, 5.41) is 22.1. The third-order valence-corrected chi connectivity index (χ3v) is 5.62. The van der Waals surface area contributed by atoms with Gasteiger partial charge in [0.1, 0.15) is 17.3 Å². The number of hydrogen-bond donors (Lipinski definition) is 3. The molecule has 196 valence electrons. The van der Waals surface area contributed by atoms with Crippen LogP contribution in [0.5, 0.6) is 11.5 Å². The number of methoxy groups -OCH3 is 1. The fourth-order valence-electron chi connectivity index (χ4n) is 3.68. The van der Waals surface area contributed by atoms with Crippen LogP contribution in [0.1, 0.15) is 30.5 Å². The van der Waals surface area contributed by atoms with E-state index in [1.54, 1.807) is 30.3 Å². The van der Waals surface area contributed by atoms with E-state index in [-0.39, 0.29) is 24.5 Å². The first-order chi connectivity index (χ1) is 17.3. The topological polar surface area (TPSA) is 118 Å². The lowest BCUT2D eigenvalue weighted by Gasteiger charge is -2.25. The normalized spacial score (nSPS) is 11.6. The van der Waals surface area contributed by atoms with Crippen molar-refractivity contribution in [1.82, 2.24) is 4.98 Å². The molecule has 3 aromatic rings. The summed E-state index contributed by atoms with van der Waals surface area (Å²) in [4.78, 5) is 27.7. The average Bonchev–Trinajstić information content (AvgIpc) is 2.81.